The SMILES string of the molecule is CCN(CC)[C@@H](C(=O)N1CCC[C@H]1c1nc2ccc(-c3ccc4c(c3)CCCc3[nH]c(CCc5ccccc5)nc3-4)cc2[nH]1)c1ccccc1. The van der Waals surface area contributed by atoms with Gasteiger partial charge in [-0.25, -0.2) is 9.97 Å². The number of rotatable bonds is 10. The quantitative estimate of drug-likeness (QED) is 0.154. The molecule has 1 fully saturated rings. The van der Waals surface area contributed by atoms with E-state index in [-0.39, 0.29) is 18.0 Å². The van der Waals surface area contributed by atoms with Gasteiger partial charge in [0.2, 0.25) is 5.91 Å². The highest BCUT2D eigenvalue weighted by atomic mass is 16.2. The summed E-state index contributed by atoms with van der Waals surface area (Å²) in [5.41, 5.74) is 11.7. The summed E-state index contributed by atoms with van der Waals surface area (Å²) in [4.78, 5) is 36.1. The Balaban J connectivity index is 1.04. The molecule has 2 N–H and O–H groups in total. The van der Waals surface area contributed by atoms with Gasteiger partial charge in [-0.15, -0.1) is 0 Å². The van der Waals surface area contributed by atoms with Crippen molar-refractivity contribution < 1.29 is 4.79 Å². The largest absolute Gasteiger partial charge is 0.345 e. The Labute approximate surface area is 294 Å². The van der Waals surface area contributed by atoms with Crippen molar-refractivity contribution >= 4 is 16.9 Å². The summed E-state index contributed by atoms with van der Waals surface area (Å²) < 4.78 is 0. The third-order valence-corrected chi connectivity index (χ3v) is 10.8. The Morgan fingerprint density at radius 1 is 0.840 bits per heavy atom. The average molecular weight is 663 g/mol. The lowest BCUT2D eigenvalue weighted by Gasteiger charge is -2.34. The highest BCUT2D eigenvalue weighted by Crippen LogP contribution is 2.37. The molecule has 1 amide bonds. The van der Waals surface area contributed by atoms with Crippen LogP contribution in [0.1, 0.15) is 79.2 Å². The van der Waals surface area contributed by atoms with Crippen LogP contribution in [0.25, 0.3) is 33.4 Å². The summed E-state index contributed by atoms with van der Waals surface area (Å²) in [6.45, 7) is 6.64. The van der Waals surface area contributed by atoms with E-state index in [1.807, 2.05) is 18.2 Å². The molecular formula is C43H46N6O. The average Bonchev–Trinajstić information content (AvgIpc) is 3.90. The third kappa shape index (κ3) is 6.27. The van der Waals surface area contributed by atoms with Gasteiger partial charge in [0.25, 0.3) is 0 Å². The molecule has 2 aromatic heterocycles. The van der Waals surface area contributed by atoms with E-state index < -0.39 is 0 Å². The Bertz CT molecular complexity index is 2090. The van der Waals surface area contributed by atoms with Crippen LogP contribution in [0.5, 0.6) is 0 Å². The zero-order chi connectivity index (χ0) is 34.0. The first-order valence-corrected chi connectivity index (χ1v) is 18.4. The summed E-state index contributed by atoms with van der Waals surface area (Å²) in [5.74, 6) is 2.12. The maximum absolute atomic E-state index is 14.3. The van der Waals surface area contributed by atoms with E-state index in [1.54, 1.807) is 0 Å². The van der Waals surface area contributed by atoms with Gasteiger partial charge in [0, 0.05) is 24.2 Å². The number of likely N-dealkylation sites (N-methyl/N-ethyl adjacent to an activating group) is 1. The predicted octanol–water partition coefficient (Wildman–Crippen LogP) is 8.64. The molecule has 7 heteroatoms. The third-order valence-electron chi connectivity index (χ3n) is 10.8. The van der Waals surface area contributed by atoms with Crippen LogP contribution in [0.4, 0.5) is 0 Å². The summed E-state index contributed by atoms with van der Waals surface area (Å²) in [6, 6.07) is 33.9. The first-order chi connectivity index (χ1) is 24.6. The van der Waals surface area contributed by atoms with E-state index >= 15 is 0 Å². The number of hydrogen-bond acceptors (Lipinski definition) is 4. The van der Waals surface area contributed by atoms with Crippen molar-refractivity contribution in [3.05, 3.63) is 131 Å². The number of nitrogens with one attached hydrogen (secondary N) is 2. The summed E-state index contributed by atoms with van der Waals surface area (Å²) in [6.07, 6.45) is 6.92. The summed E-state index contributed by atoms with van der Waals surface area (Å²) in [7, 11) is 0. The fourth-order valence-corrected chi connectivity index (χ4v) is 8.13. The minimum atomic E-state index is -0.297. The van der Waals surface area contributed by atoms with Gasteiger partial charge in [0.05, 0.1) is 22.8 Å². The van der Waals surface area contributed by atoms with Crippen molar-refractivity contribution in [2.45, 2.75) is 70.9 Å². The van der Waals surface area contributed by atoms with E-state index in [4.69, 9.17) is 9.97 Å². The molecule has 3 heterocycles. The number of nitrogens with zero attached hydrogens (tertiary/aromatic N) is 4. The number of likely N-dealkylation sites (tertiary alicyclic amines) is 1. The number of amides is 1. The molecule has 1 aliphatic heterocycles. The molecule has 0 unspecified atom stereocenters. The molecule has 6 aromatic rings. The summed E-state index contributed by atoms with van der Waals surface area (Å²) >= 11 is 0. The van der Waals surface area contributed by atoms with Crippen LogP contribution >= 0.6 is 0 Å². The fourth-order valence-electron chi connectivity index (χ4n) is 8.13. The van der Waals surface area contributed by atoms with Crippen LogP contribution in [0.2, 0.25) is 0 Å². The molecule has 2 aliphatic rings. The Morgan fingerprint density at radius 3 is 2.40 bits per heavy atom. The minimum Gasteiger partial charge on any atom is -0.345 e. The molecule has 8 rings (SSSR count). The zero-order valence-electron chi connectivity index (χ0n) is 29.2. The van der Waals surface area contributed by atoms with Crippen molar-refractivity contribution in [3.63, 3.8) is 0 Å². The first kappa shape index (κ1) is 32.2. The van der Waals surface area contributed by atoms with Crippen molar-refractivity contribution in [2.75, 3.05) is 19.6 Å². The predicted molar refractivity (Wildman–Crippen MR) is 201 cm³/mol. The molecule has 7 nitrogen and oxygen atoms in total. The van der Waals surface area contributed by atoms with Crippen LogP contribution < -0.4 is 0 Å². The molecule has 0 radical (unpaired) electrons. The van der Waals surface area contributed by atoms with Crippen LogP contribution in [0.15, 0.2) is 97.1 Å². The Morgan fingerprint density at radius 2 is 1.60 bits per heavy atom. The molecule has 1 aliphatic carbocycles. The number of imidazole rings is 2. The maximum atomic E-state index is 14.3. The smallest absolute Gasteiger partial charge is 0.245 e. The molecule has 2 atom stereocenters. The highest BCUT2D eigenvalue weighted by Gasteiger charge is 2.38. The molecule has 1 saturated heterocycles. The minimum absolute atomic E-state index is 0.0618. The second-order valence-electron chi connectivity index (χ2n) is 13.8. The second-order valence-corrected chi connectivity index (χ2v) is 13.8. The molecule has 50 heavy (non-hydrogen) atoms. The molecule has 254 valence electrons. The number of aromatic amines is 2. The van der Waals surface area contributed by atoms with E-state index in [2.05, 4.69) is 112 Å². The topological polar surface area (TPSA) is 80.9 Å². The number of H-pyrrole nitrogens is 2. The van der Waals surface area contributed by atoms with Crippen molar-refractivity contribution in [1.82, 2.24) is 29.7 Å². The fraction of sp³-hybridized carbons (Fsp3) is 0.326. The van der Waals surface area contributed by atoms with E-state index in [0.29, 0.717) is 0 Å². The lowest BCUT2D eigenvalue weighted by molar-refractivity contribution is -0.138. The van der Waals surface area contributed by atoms with E-state index in [1.165, 1.54) is 27.9 Å². The van der Waals surface area contributed by atoms with Gasteiger partial charge < -0.3 is 14.9 Å². The molecular weight excluding hydrogens is 617 g/mol. The molecule has 0 bridgehead atoms. The lowest BCUT2D eigenvalue weighted by Crippen LogP contribution is -2.43. The monoisotopic (exact) mass is 662 g/mol. The maximum Gasteiger partial charge on any atom is 0.245 e. The Hall–Kier alpha value is -5.01. The van der Waals surface area contributed by atoms with Gasteiger partial charge in [-0.3, -0.25) is 9.69 Å². The standard InChI is InChI=1S/C43H46N6O/c1-3-48(4-2)41(30-15-9-6-10-16-30)43(50)49-26-12-19-38(49)42-45-35-24-22-32(28-37(35)46-42)31-21-23-34-33(27-31)17-11-18-36-40(34)47-39(44-36)25-20-29-13-7-5-8-14-29/h5-10,13-16,21-24,27-28,38,41H,3-4,11-12,17-20,25-26H2,1-2H3,(H,44,47)(H,45,46)/t38-,41+/m0/s1. The number of aromatic nitrogens is 4. The first-order valence-electron chi connectivity index (χ1n) is 18.4. The number of carbonyl (C=O) groups excluding carboxylic acids is 1. The van der Waals surface area contributed by atoms with Gasteiger partial charge in [-0.1, -0.05) is 98.8 Å². The molecule has 0 saturated carbocycles. The highest BCUT2D eigenvalue weighted by molar-refractivity contribution is 5.85. The zero-order valence-corrected chi connectivity index (χ0v) is 29.2. The second kappa shape index (κ2) is 14.1. The lowest BCUT2D eigenvalue weighted by atomic mass is 9.96. The van der Waals surface area contributed by atoms with Gasteiger partial charge >= 0.3 is 0 Å². The van der Waals surface area contributed by atoms with Gasteiger partial charge in [-0.05, 0) is 91.6 Å². The normalized spacial score (nSPS) is 16.4. The number of hydrogen-bond donors (Lipinski definition) is 2. The number of aryl methyl sites for hydroxylation is 4. The van der Waals surface area contributed by atoms with E-state index in [9.17, 15) is 4.79 Å². The van der Waals surface area contributed by atoms with Gasteiger partial charge in [-0.2, -0.15) is 0 Å². The van der Waals surface area contributed by atoms with Crippen molar-refractivity contribution in [3.8, 4) is 22.4 Å². The van der Waals surface area contributed by atoms with Crippen LogP contribution in [-0.4, -0.2) is 55.3 Å². The van der Waals surface area contributed by atoms with Crippen molar-refractivity contribution in [1.29, 1.82) is 0 Å². The van der Waals surface area contributed by atoms with Crippen LogP contribution in [0.3, 0.4) is 0 Å². The summed E-state index contributed by atoms with van der Waals surface area (Å²) in [5, 5.41) is 0. The Kier molecular flexibility index (Phi) is 9.07. The number of fused-ring (bicyclic) bond motifs is 4. The number of carbonyl (C=O) groups is 1. The van der Waals surface area contributed by atoms with E-state index in [0.717, 1.165) is 104 Å². The molecule has 4 aromatic carbocycles. The van der Waals surface area contributed by atoms with Crippen LogP contribution in [0, 0.1) is 0 Å². The van der Waals surface area contributed by atoms with Gasteiger partial charge in [0.15, 0.2) is 0 Å². The molecule has 0 spiro atoms. The van der Waals surface area contributed by atoms with Crippen molar-refractivity contribution in [2.24, 2.45) is 0 Å². The number of benzene rings is 4. The van der Waals surface area contributed by atoms with Crippen LogP contribution in [-0.2, 0) is 30.5 Å². The van der Waals surface area contributed by atoms with Gasteiger partial charge in [0.1, 0.15) is 17.7 Å².